The molecule has 1 aliphatic heterocycles. The van der Waals surface area contributed by atoms with E-state index in [1.165, 1.54) is 5.01 Å². The lowest BCUT2D eigenvalue weighted by molar-refractivity contribution is -0.154. The number of methoxy groups -OCH3 is 2. The Morgan fingerprint density at radius 2 is 1.67 bits per heavy atom. The zero-order valence-electron chi connectivity index (χ0n) is 23.5. The van der Waals surface area contributed by atoms with Crippen molar-refractivity contribution >= 4 is 23.7 Å². The van der Waals surface area contributed by atoms with Crippen LogP contribution in [0.15, 0.2) is 83.5 Å². The molecular weight excluding hydrogens is 534 g/mol. The Labute approximate surface area is 244 Å². The van der Waals surface area contributed by atoms with E-state index in [0.29, 0.717) is 11.3 Å². The first-order valence-corrected chi connectivity index (χ1v) is 13.7. The second-order valence-electron chi connectivity index (χ2n) is 9.94. The molecule has 0 saturated heterocycles. The van der Waals surface area contributed by atoms with Gasteiger partial charge in [0.2, 0.25) is 0 Å². The van der Waals surface area contributed by atoms with E-state index < -0.39 is 25.1 Å². The second kappa shape index (κ2) is 13.0. The van der Waals surface area contributed by atoms with Gasteiger partial charge in [0.05, 0.1) is 31.5 Å². The highest BCUT2D eigenvalue weighted by atomic mass is 16.6. The molecule has 1 amide bonds. The van der Waals surface area contributed by atoms with Gasteiger partial charge in [0.25, 0.3) is 5.91 Å². The van der Waals surface area contributed by atoms with E-state index in [9.17, 15) is 14.9 Å². The lowest BCUT2D eigenvalue weighted by atomic mass is 9.77. The average Bonchev–Trinajstić information content (AvgIpc) is 3.44. The molecule has 42 heavy (non-hydrogen) atoms. The summed E-state index contributed by atoms with van der Waals surface area (Å²) in [5.41, 5.74) is 4.19. The summed E-state index contributed by atoms with van der Waals surface area (Å²) in [6, 6.07) is 23.7. The van der Waals surface area contributed by atoms with Crippen molar-refractivity contribution in [1.82, 2.24) is 5.01 Å². The monoisotopic (exact) mass is 565 g/mol. The fourth-order valence-corrected chi connectivity index (χ4v) is 5.31. The van der Waals surface area contributed by atoms with Gasteiger partial charge in [-0.05, 0) is 78.4 Å². The molecule has 3 aromatic carbocycles. The zero-order valence-corrected chi connectivity index (χ0v) is 23.5. The van der Waals surface area contributed by atoms with Crippen LogP contribution in [-0.2, 0) is 14.3 Å². The Bertz CT molecular complexity index is 1540. The number of para-hydroxylation sites is 1. The first-order valence-electron chi connectivity index (χ1n) is 13.7. The molecule has 0 bridgehead atoms. The molecule has 9 heteroatoms. The van der Waals surface area contributed by atoms with Crippen molar-refractivity contribution in [2.75, 3.05) is 27.4 Å². The van der Waals surface area contributed by atoms with Crippen molar-refractivity contribution in [3.63, 3.8) is 0 Å². The number of rotatable bonds is 9. The normalized spacial score (nSPS) is 18.5. The number of amides is 1. The molecular formula is C33H31N3O6. The lowest BCUT2D eigenvalue weighted by Crippen LogP contribution is -2.35. The highest BCUT2D eigenvalue weighted by Gasteiger charge is 2.43. The molecule has 2 atom stereocenters. The van der Waals surface area contributed by atoms with Crippen LogP contribution in [0.25, 0.3) is 6.08 Å². The SMILES string of the molecule is COc1ccc(C=C2CCCC3C2=NN(C(=O)COC(=O)COc2ccccc2C#N)C3c2ccc(OC)cc2)cc1. The van der Waals surface area contributed by atoms with Gasteiger partial charge in [-0.25, -0.2) is 9.80 Å². The van der Waals surface area contributed by atoms with Crippen LogP contribution < -0.4 is 14.2 Å². The van der Waals surface area contributed by atoms with Gasteiger partial charge in [-0.3, -0.25) is 4.79 Å². The number of esters is 1. The van der Waals surface area contributed by atoms with E-state index in [1.807, 2.05) is 54.6 Å². The molecule has 5 rings (SSSR count). The maximum atomic E-state index is 13.5. The van der Waals surface area contributed by atoms with Crippen LogP contribution >= 0.6 is 0 Å². The molecule has 1 fully saturated rings. The lowest BCUT2D eigenvalue weighted by Gasteiger charge is -2.29. The van der Waals surface area contributed by atoms with Crippen LogP contribution in [0.1, 0.15) is 42.0 Å². The maximum Gasteiger partial charge on any atom is 0.344 e. The molecule has 3 aromatic rings. The predicted octanol–water partition coefficient (Wildman–Crippen LogP) is 5.32. The summed E-state index contributed by atoms with van der Waals surface area (Å²) in [5.74, 6) is 0.596. The van der Waals surface area contributed by atoms with Crippen LogP contribution in [0.3, 0.4) is 0 Å². The van der Waals surface area contributed by atoms with Gasteiger partial charge in [-0.1, -0.05) is 36.4 Å². The van der Waals surface area contributed by atoms with Crippen LogP contribution in [-0.4, -0.2) is 50.0 Å². The number of nitriles is 1. The van der Waals surface area contributed by atoms with E-state index in [0.717, 1.165) is 47.4 Å². The summed E-state index contributed by atoms with van der Waals surface area (Å²) in [4.78, 5) is 26.0. The van der Waals surface area contributed by atoms with Gasteiger partial charge in [-0.2, -0.15) is 10.4 Å². The number of hydrogen-bond acceptors (Lipinski definition) is 8. The Morgan fingerprint density at radius 3 is 2.36 bits per heavy atom. The van der Waals surface area contributed by atoms with Gasteiger partial charge in [-0.15, -0.1) is 0 Å². The largest absolute Gasteiger partial charge is 0.497 e. The van der Waals surface area contributed by atoms with Gasteiger partial charge >= 0.3 is 5.97 Å². The number of ether oxygens (including phenoxy) is 4. The van der Waals surface area contributed by atoms with E-state index in [-0.39, 0.29) is 17.7 Å². The Hall–Kier alpha value is -5.10. The minimum Gasteiger partial charge on any atom is -0.497 e. The molecule has 1 heterocycles. The molecule has 214 valence electrons. The number of carbonyl (C=O) groups excluding carboxylic acids is 2. The highest BCUT2D eigenvalue weighted by Crippen LogP contribution is 2.44. The standard InChI is InChI=1S/C33H31N3O6/c1-39-26-14-10-22(11-15-26)18-24-7-5-8-28-32(24)35-36(33(28)23-12-16-27(40-2)17-13-23)30(37)20-42-31(38)21-41-29-9-4-3-6-25(29)19-34/h3-4,6,9-18,28,33H,5,7-8,20-21H2,1-2H3. The Kier molecular flexibility index (Phi) is 8.83. The molecule has 1 saturated carbocycles. The quantitative estimate of drug-likeness (QED) is 0.323. The number of hydrogen-bond donors (Lipinski definition) is 0. The molecule has 2 unspecified atom stereocenters. The summed E-state index contributed by atoms with van der Waals surface area (Å²) in [5, 5.41) is 15.5. The van der Waals surface area contributed by atoms with E-state index >= 15 is 0 Å². The van der Waals surface area contributed by atoms with Gasteiger partial charge in [0.15, 0.2) is 13.2 Å². The Balaban J connectivity index is 1.35. The second-order valence-corrected chi connectivity index (χ2v) is 9.94. The smallest absolute Gasteiger partial charge is 0.344 e. The first-order chi connectivity index (χ1) is 20.5. The summed E-state index contributed by atoms with van der Waals surface area (Å²) < 4.78 is 21.3. The topological polar surface area (TPSA) is 110 Å². The van der Waals surface area contributed by atoms with E-state index in [4.69, 9.17) is 24.0 Å². The van der Waals surface area contributed by atoms with E-state index in [1.54, 1.807) is 38.5 Å². The Morgan fingerprint density at radius 1 is 0.976 bits per heavy atom. The number of hydrazone groups is 1. The molecule has 0 aromatic heterocycles. The highest BCUT2D eigenvalue weighted by molar-refractivity contribution is 6.08. The number of allylic oxidation sites excluding steroid dienone is 1. The minimum atomic E-state index is -0.721. The van der Waals surface area contributed by atoms with Gasteiger partial charge < -0.3 is 18.9 Å². The molecule has 0 spiro atoms. The third-order valence-corrected chi connectivity index (χ3v) is 7.38. The minimum absolute atomic E-state index is 0.0119. The molecule has 0 radical (unpaired) electrons. The fraction of sp³-hybridized carbons (Fsp3) is 0.273. The van der Waals surface area contributed by atoms with Crippen molar-refractivity contribution in [2.45, 2.75) is 25.3 Å². The summed E-state index contributed by atoms with van der Waals surface area (Å²) in [6.45, 7) is -0.921. The van der Waals surface area contributed by atoms with Crippen molar-refractivity contribution in [1.29, 1.82) is 5.26 Å². The van der Waals surface area contributed by atoms with Crippen LogP contribution in [0.2, 0.25) is 0 Å². The average molecular weight is 566 g/mol. The van der Waals surface area contributed by atoms with E-state index in [2.05, 4.69) is 6.08 Å². The number of nitrogens with zero attached hydrogens (tertiary/aromatic N) is 3. The van der Waals surface area contributed by atoms with Crippen molar-refractivity contribution in [3.05, 3.63) is 95.1 Å². The third-order valence-electron chi connectivity index (χ3n) is 7.38. The number of carbonyl (C=O) groups is 2. The van der Waals surface area contributed by atoms with Gasteiger partial charge in [0, 0.05) is 5.92 Å². The first kappa shape index (κ1) is 28.4. The van der Waals surface area contributed by atoms with Crippen molar-refractivity contribution in [2.24, 2.45) is 11.0 Å². The van der Waals surface area contributed by atoms with Gasteiger partial charge in [0.1, 0.15) is 23.3 Å². The van der Waals surface area contributed by atoms with Crippen molar-refractivity contribution in [3.8, 4) is 23.3 Å². The number of fused-ring (bicyclic) bond motifs is 1. The summed E-state index contributed by atoms with van der Waals surface area (Å²) in [6.07, 6.45) is 4.78. The molecule has 2 aliphatic rings. The summed E-state index contributed by atoms with van der Waals surface area (Å²) >= 11 is 0. The predicted molar refractivity (Wildman–Crippen MR) is 156 cm³/mol. The van der Waals surface area contributed by atoms with Crippen LogP contribution in [0.4, 0.5) is 0 Å². The maximum absolute atomic E-state index is 13.5. The molecule has 1 aliphatic carbocycles. The molecule has 9 nitrogen and oxygen atoms in total. The third kappa shape index (κ3) is 6.28. The van der Waals surface area contributed by atoms with Crippen molar-refractivity contribution < 1.29 is 28.5 Å². The number of benzene rings is 3. The zero-order chi connectivity index (χ0) is 29.5. The molecule has 0 N–H and O–H groups in total. The van der Waals surface area contributed by atoms with Crippen LogP contribution in [0.5, 0.6) is 17.2 Å². The van der Waals surface area contributed by atoms with Crippen LogP contribution in [0, 0.1) is 17.2 Å². The fourth-order valence-electron chi connectivity index (χ4n) is 5.31. The summed E-state index contributed by atoms with van der Waals surface area (Å²) in [7, 11) is 3.24.